The molecule has 3 aliphatic rings. The quantitative estimate of drug-likeness (QED) is 0.398. The van der Waals surface area contributed by atoms with Crippen molar-refractivity contribution in [3.8, 4) is 0 Å². The number of nitrogens with zero attached hydrogens (tertiary/aromatic N) is 2. The van der Waals surface area contributed by atoms with E-state index >= 15 is 0 Å². The minimum absolute atomic E-state index is 0.508. The van der Waals surface area contributed by atoms with Gasteiger partial charge in [-0.1, -0.05) is 49.7 Å². The monoisotopic (exact) mass is 452 g/mol. The molecule has 4 atom stereocenters. The Bertz CT molecular complexity index is 1350. The number of H-pyrrole nitrogens is 2. The fraction of sp³-hybridized carbons (Fsp3) is 0.467. The summed E-state index contributed by atoms with van der Waals surface area (Å²) in [5.41, 5.74) is 8.73. The van der Waals surface area contributed by atoms with E-state index in [0.717, 1.165) is 31.3 Å². The van der Waals surface area contributed by atoms with Crippen LogP contribution in [0.4, 0.5) is 0 Å². The summed E-state index contributed by atoms with van der Waals surface area (Å²) in [6, 6.07) is 19.0. The molecule has 4 nitrogen and oxygen atoms in total. The normalized spacial score (nSPS) is 27.6. The van der Waals surface area contributed by atoms with Crippen molar-refractivity contribution in [2.24, 2.45) is 11.8 Å². The minimum Gasteiger partial charge on any atom is -0.358 e. The number of hydrogen-bond donors (Lipinski definition) is 2. The Labute approximate surface area is 202 Å². The van der Waals surface area contributed by atoms with Crippen LogP contribution in [0.3, 0.4) is 0 Å². The summed E-state index contributed by atoms with van der Waals surface area (Å²) in [6.45, 7) is 5.94. The van der Waals surface area contributed by atoms with Gasteiger partial charge in [-0.25, -0.2) is 0 Å². The first-order chi connectivity index (χ1) is 16.7. The van der Waals surface area contributed by atoms with E-state index in [9.17, 15) is 0 Å². The number of fused-ring (bicyclic) bond motifs is 7. The van der Waals surface area contributed by atoms with Crippen LogP contribution in [0, 0.1) is 11.8 Å². The van der Waals surface area contributed by atoms with Crippen LogP contribution in [0.1, 0.15) is 54.7 Å². The summed E-state index contributed by atoms with van der Waals surface area (Å²) < 4.78 is 0. The SMILES string of the molecule is CC[C@H]1CN2Cc3c([nH]c4ccccc34)C[C@@H]2C[C@@H]1C[C@H]1c2[nH]c3ccccc3c2CCN1C. The van der Waals surface area contributed by atoms with Crippen LogP contribution in [-0.4, -0.2) is 45.9 Å². The summed E-state index contributed by atoms with van der Waals surface area (Å²) in [4.78, 5) is 13.0. The Hall–Kier alpha value is -2.56. The maximum absolute atomic E-state index is 3.85. The number of likely N-dealkylation sites (N-methyl/N-ethyl adjacent to an activating group) is 1. The molecule has 0 amide bonds. The van der Waals surface area contributed by atoms with Crippen LogP contribution in [0.5, 0.6) is 0 Å². The van der Waals surface area contributed by atoms with E-state index in [4.69, 9.17) is 0 Å². The van der Waals surface area contributed by atoms with Gasteiger partial charge in [0, 0.05) is 65.3 Å². The van der Waals surface area contributed by atoms with Crippen molar-refractivity contribution in [1.29, 1.82) is 0 Å². The Kier molecular flexibility index (Phi) is 4.89. The molecule has 34 heavy (non-hydrogen) atoms. The highest BCUT2D eigenvalue weighted by atomic mass is 15.2. The fourth-order valence-corrected chi connectivity index (χ4v) is 7.52. The molecule has 1 saturated heterocycles. The third-order valence-electron chi connectivity index (χ3n) is 9.41. The Morgan fingerprint density at radius 2 is 1.65 bits per heavy atom. The van der Waals surface area contributed by atoms with Crippen molar-refractivity contribution in [2.45, 2.75) is 57.7 Å². The van der Waals surface area contributed by atoms with Gasteiger partial charge in [-0.2, -0.15) is 0 Å². The number of para-hydroxylation sites is 2. The van der Waals surface area contributed by atoms with Crippen molar-refractivity contribution >= 4 is 21.8 Å². The molecule has 4 heteroatoms. The summed E-state index contributed by atoms with van der Waals surface area (Å²) in [5, 5.41) is 2.87. The summed E-state index contributed by atoms with van der Waals surface area (Å²) in [5.74, 6) is 1.56. The summed E-state index contributed by atoms with van der Waals surface area (Å²) >= 11 is 0. The number of rotatable bonds is 3. The molecular weight excluding hydrogens is 416 g/mol. The first-order valence-electron chi connectivity index (χ1n) is 13.3. The van der Waals surface area contributed by atoms with E-state index in [0.29, 0.717) is 12.1 Å². The molecule has 0 aliphatic carbocycles. The van der Waals surface area contributed by atoms with Crippen LogP contribution in [0.25, 0.3) is 21.8 Å². The maximum Gasteiger partial charge on any atom is 0.0501 e. The van der Waals surface area contributed by atoms with Crippen LogP contribution < -0.4 is 0 Å². The summed E-state index contributed by atoms with van der Waals surface area (Å²) in [7, 11) is 2.34. The van der Waals surface area contributed by atoms with Gasteiger partial charge in [-0.15, -0.1) is 0 Å². The smallest absolute Gasteiger partial charge is 0.0501 e. The molecule has 1 fully saturated rings. The molecule has 2 N–H and O–H groups in total. The first-order valence-corrected chi connectivity index (χ1v) is 13.3. The molecule has 0 bridgehead atoms. The minimum atomic E-state index is 0.508. The zero-order valence-corrected chi connectivity index (χ0v) is 20.5. The average molecular weight is 453 g/mol. The lowest BCUT2D eigenvalue weighted by Gasteiger charge is -2.48. The molecule has 5 heterocycles. The largest absolute Gasteiger partial charge is 0.358 e. The highest BCUT2D eigenvalue weighted by Crippen LogP contribution is 2.44. The Morgan fingerprint density at radius 1 is 0.912 bits per heavy atom. The zero-order valence-electron chi connectivity index (χ0n) is 20.5. The number of piperidine rings is 1. The van der Waals surface area contributed by atoms with Crippen LogP contribution in [-0.2, 0) is 19.4 Å². The van der Waals surface area contributed by atoms with Gasteiger partial charge >= 0.3 is 0 Å². The molecule has 0 radical (unpaired) electrons. The van der Waals surface area contributed by atoms with Gasteiger partial charge in [-0.3, -0.25) is 9.80 Å². The molecule has 0 unspecified atom stereocenters. The van der Waals surface area contributed by atoms with Gasteiger partial charge in [0.15, 0.2) is 0 Å². The topological polar surface area (TPSA) is 38.1 Å². The molecule has 2 aromatic heterocycles. The van der Waals surface area contributed by atoms with Crippen molar-refractivity contribution in [1.82, 2.24) is 19.8 Å². The molecule has 3 aliphatic heterocycles. The number of aromatic amines is 2. The second-order valence-corrected chi connectivity index (χ2v) is 11.1. The van der Waals surface area contributed by atoms with Crippen molar-refractivity contribution in [3.05, 3.63) is 71.0 Å². The van der Waals surface area contributed by atoms with E-state index in [1.54, 1.807) is 11.1 Å². The van der Waals surface area contributed by atoms with Gasteiger partial charge in [0.1, 0.15) is 0 Å². The predicted molar refractivity (Wildman–Crippen MR) is 140 cm³/mol. The molecule has 0 saturated carbocycles. The molecule has 176 valence electrons. The number of nitrogens with one attached hydrogen (secondary N) is 2. The van der Waals surface area contributed by atoms with E-state index in [-0.39, 0.29) is 0 Å². The molecule has 7 rings (SSSR count). The van der Waals surface area contributed by atoms with E-state index in [1.165, 1.54) is 65.4 Å². The standard InChI is InChI=1S/C30H36N4/c1-3-19-17-34-18-25-23-9-5-6-10-26(23)31-28(25)16-21(34)14-20(19)15-29-30-24(12-13-33(29)2)22-8-4-7-11-27(22)32-30/h4-11,19-21,29,31-32H,3,12-18H2,1-2H3/t19-,20+,21-,29-/m0/s1. The second-order valence-electron chi connectivity index (χ2n) is 11.1. The molecule has 4 aromatic rings. The van der Waals surface area contributed by atoms with Crippen LogP contribution in [0.2, 0.25) is 0 Å². The van der Waals surface area contributed by atoms with Gasteiger partial charge in [-0.05, 0) is 61.4 Å². The molecule has 0 spiro atoms. The third-order valence-corrected chi connectivity index (χ3v) is 9.41. The van der Waals surface area contributed by atoms with Gasteiger partial charge < -0.3 is 9.97 Å². The van der Waals surface area contributed by atoms with E-state index < -0.39 is 0 Å². The van der Waals surface area contributed by atoms with Crippen LogP contribution >= 0.6 is 0 Å². The Morgan fingerprint density at radius 3 is 2.44 bits per heavy atom. The molecule has 2 aromatic carbocycles. The van der Waals surface area contributed by atoms with E-state index in [2.05, 4.69) is 82.3 Å². The first kappa shape index (κ1) is 20.8. The maximum atomic E-state index is 3.85. The van der Waals surface area contributed by atoms with Crippen molar-refractivity contribution < 1.29 is 0 Å². The fourth-order valence-electron chi connectivity index (χ4n) is 7.52. The van der Waals surface area contributed by atoms with Crippen molar-refractivity contribution in [3.63, 3.8) is 0 Å². The zero-order chi connectivity index (χ0) is 22.8. The van der Waals surface area contributed by atoms with Gasteiger partial charge in [0.25, 0.3) is 0 Å². The van der Waals surface area contributed by atoms with E-state index in [1.807, 2.05) is 0 Å². The number of aromatic nitrogens is 2. The predicted octanol–water partition coefficient (Wildman–Crippen LogP) is 6.04. The number of hydrogen-bond acceptors (Lipinski definition) is 2. The lowest BCUT2D eigenvalue weighted by Crippen LogP contribution is -2.50. The lowest BCUT2D eigenvalue weighted by molar-refractivity contribution is 0.0285. The summed E-state index contributed by atoms with van der Waals surface area (Å²) in [6.07, 6.45) is 6.22. The van der Waals surface area contributed by atoms with Crippen LogP contribution in [0.15, 0.2) is 48.5 Å². The highest BCUT2D eigenvalue weighted by Gasteiger charge is 2.40. The molecular formula is C30H36N4. The van der Waals surface area contributed by atoms with Gasteiger partial charge in [0.05, 0.1) is 6.04 Å². The Balaban J connectivity index is 1.18. The number of benzene rings is 2. The average Bonchev–Trinajstić information content (AvgIpc) is 3.42. The highest BCUT2D eigenvalue weighted by molar-refractivity contribution is 5.85. The second kappa shape index (κ2) is 8.00. The van der Waals surface area contributed by atoms with Crippen molar-refractivity contribution in [2.75, 3.05) is 20.1 Å². The third kappa shape index (κ3) is 3.19. The lowest BCUT2D eigenvalue weighted by atomic mass is 9.74. The van der Waals surface area contributed by atoms with Gasteiger partial charge in [0.2, 0.25) is 0 Å².